The molecule has 5 rings (SSSR count). The maximum absolute atomic E-state index is 6.11. The number of rotatable bonds is 6. The smallest absolute Gasteiger partial charge is 0.257 e. The molecule has 1 aliphatic rings. The molecule has 2 N–H and O–H groups in total. The Kier molecular flexibility index (Phi) is 6.37. The SMILES string of the molecule is Nc1nc(N2CCOCC2)nc(N(/N=C/c2ccc(-c3cccc(Cl)c3)o2)c2ccccc2)n1. The molecule has 0 aliphatic carbocycles. The van der Waals surface area contributed by atoms with Crippen molar-refractivity contribution >= 4 is 41.3 Å². The predicted molar refractivity (Wildman–Crippen MR) is 133 cm³/mol. The van der Waals surface area contributed by atoms with Gasteiger partial charge in [0.05, 0.1) is 25.1 Å². The number of benzene rings is 2. The van der Waals surface area contributed by atoms with E-state index in [1.807, 2.05) is 71.6 Å². The zero-order valence-corrected chi connectivity index (χ0v) is 19.0. The number of hydrogen-bond acceptors (Lipinski definition) is 9. The first-order valence-electron chi connectivity index (χ1n) is 10.7. The van der Waals surface area contributed by atoms with Crippen molar-refractivity contribution in [2.24, 2.45) is 5.10 Å². The highest BCUT2D eigenvalue weighted by Crippen LogP contribution is 2.27. The van der Waals surface area contributed by atoms with Crippen LogP contribution in [0.15, 0.2) is 76.2 Å². The number of anilines is 4. The second kappa shape index (κ2) is 9.90. The number of furan rings is 1. The van der Waals surface area contributed by atoms with Crippen molar-refractivity contribution in [3.8, 4) is 11.3 Å². The molecule has 4 aromatic rings. The Morgan fingerprint density at radius 1 is 0.971 bits per heavy atom. The maximum Gasteiger partial charge on any atom is 0.257 e. The van der Waals surface area contributed by atoms with Gasteiger partial charge in [-0.05, 0) is 36.4 Å². The van der Waals surface area contributed by atoms with Gasteiger partial charge in [0.15, 0.2) is 0 Å². The second-order valence-corrected chi connectivity index (χ2v) is 7.93. The summed E-state index contributed by atoms with van der Waals surface area (Å²) in [6.45, 7) is 2.57. The van der Waals surface area contributed by atoms with Crippen molar-refractivity contribution < 1.29 is 9.15 Å². The van der Waals surface area contributed by atoms with Gasteiger partial charge >= 0.3 is 0 Å². The van der Waals surface area contributed by atoms with Gasteiger partial charge in [0, 0.05) is 23.7 Å². The monoisotopic (exact) mass is 475 g/mol. The number of hydrogen-bond donors (Lipinski definition) is 1. The summed E-state index contributed by atoms with van der Waals surface area (Å²) in [5.41, 5.74) is 7.69. The van der Waals surface area contributed by atoms with Gasteiger partial charge in [-0.15, -0.1) is 0 Å². The molecule has 2 aromatic heterocycles. The molecule has 0 spiro atoms. The van der Waals surface area contributed by atoms with Crippen LogP contribution in [-0.4, -0.2) is 47.5 Å². The Morgan fingerprint density at radius 2 is 1.79 bits per heavy atom. The summed E-state index contributed by atoms with van der Waals surface area (Å²) >= 11 is 6.11. The fourth-order valence-corrected chi connectivity index (χ4v) is 3.70. The summed E-state index contributed by atoms with van der Waals surface area (Å²) < 4.78 is 11.4. The number of para-hydroxylation sites is 1. The van der Waals surface area contributed by atoms with Gasteiger partial charge in [0.2, 0.25) is 11.9 Å². The molecule has 1 fully saturated rings. The minimum Gasteiger partial charge on any atom is -0.455 e. The molecule has 0 radical (unpaired) electrons. The van der Waals surface area contributed by atoms with E-state index in [4.69, 9.17) is 26.5 Å². The number of ether oxygens (including phenoxy) is 1. The van der Waals surface area contributed by atoms with Crippen molar-refractivity contribution in [2.45, 2.75) is 0 Å². The van der Waals surface area contributed by atoms with Crippen LogP contribution in [0.2, 0.25) is 5.02 Å². The fraction of sp³-hybridized carbons (Fsp3) is 0.167. The topological polar surface area (TPSA) is 106 Å². The van der Waals surface area contributed by atoms with Crippen molar-refractivity contribution in [1.82, 2.24) is 15.0 Å². The molecule has 0 unspecified atom stereocenters. The highest BCUT2D eigenvalue weighted by atomic mass is 35.5. The summed E-state index contributed by atoms with van der Waals surface area (Å²) in [5, 5.41) is 6.87. The lowest BCUT2D eigenvalue weighted by Crippen LogP contribution is -2.37. The second-order valence-electron chi connectivity index (χ2n) is 7.50. The highest BCUT2D eigenvalue weighted by Gasteiger charge is 2.19. The van der Waals surface area contributed by atoms with Crippen LogP contribution in [0, 0.1) is 0 Å². The van der Waals surface area contributed by atoms with Crippen LogP contribution in [0.5, 0.6) is 0 Å². The summed E-state index contributed by atoms with van der Waals surface area (Å²) in [5.74, 6) is 2.16. The van der Waals surface area contributed by atoms with Gasteiger partial charge in [-0.3, -0.25) is 0 Å². The Bertz CT molecular complexity index is 1290. The summed E-state index contributed by atoms with van der Waals surface area (Å²) in [4.78, 5) is 15.3. The van der Waals surface area contributed by atoms with Crippen LogP contribution in [0.4, 0.5) is 23.5 Å². The number of aromatic nitrogens is 3. The lowest BCUT2D eigenvalue weighted by atomic mass is 10.2. The van der Waals surface area contributed by atoms with Crippen LogP contribution in [0.25, 0.3) is 11.3 Å². The number of halogens is 1. The Balaban J connectivity index is 1.47. The van der Waals surface area contributed by atoms with Crippen LogP contribution in [0.1, 0.15) is 5.76 Å². The third kappa shape index (κ3) is 5.00. The first-order valence-corrected chi connectivity index (χ1v) is 11.1. The molecule has 0 bridgehead atoms. The number of nitrogen functional groups attached to an aromatic ring is 1. The van der Waals surface area contributed by atoms with E-state index < -0.39 is 0 Å². The number of nitrogens with zero attached hydrogens (tertiary/aromatic N) is 6. The average molecular weight is 476 g/mol. The summed E-state index contributed by atoms with van der Waals surface area (Å²) in [7, 11) is 0. The van der Waals surface area contributed by atoms with E-state index in [1.165, 1.54) is 0 Å². The molecule has 2 aromatic carbocycles. The number of nitrogens with two attached hydrogens (primary N) is 1. The Morgan fingerprint density at radius 3 is 2.59 bits per heavy atom. The summed E-state index contributed by atoms with van der Waals surface area (Å²) in [6.07, 6.45) is 1.61. The third-order valence-corrected chi connectivity index (χ3v) is 5.38. The maximum atomic E-state index is 6.11. The average Bonchev–Trinajstić information content (AvgIpc) is 3.34. The van der Waals surface area contributed by atoms with E-state index in [2.05, 4.69) is 20.1 Å². The molecule has 172 valence electrons. The van der Waals surface area contributed by atoms with E-state index in [-0.39, 0.29) is 5.95 Å². The molecule has 0 saturated carbocycles. The third-order valence-electron chi connectivity index (χ3n) is 5.15. The molecule has 3 heterocycles. The molecule has 34 heavy (non-hydrogen) atoms. The summed E-state index contributed by atoms with van der Waals surface area (Å²) in [6, 6.07) is 20.8. The lowest BCUT2D eigenvalue weighted by molar-refractivity contribution is 0.122. The Labute approximate surface area is 201 Å². The van der Waals surface area contributed by atoms with E-state index in [1.54, 1.807) is 11.2 Å². The van der Waals surface area contributed by atoms with E-state index in [0.29, 0.717) is 54.7 Å². The fourth-order valence-electron chi connectivity index (χ4n) is 3.51. The first kappa shape index (κ1) is 21.9. The van der Waals surface area contributed by atoms with Crippen LogP contribution in [0.3, 0.4) is 0 Å². The van der Waals surface area contributed by atoms with Crippen LogP contribution >= 0.6 is 11.6 Å². The molecule has 9 nitrogen and oxygen atoms in total. The van der Waals surface area contributed by atoms with E-state index in [0.717, 1.165) is 11.3 Å². The van der Waals surface area contributed by atoms with Crippen LogP contribution in [-0.2, 0) is 4.74 Å². The predicted octanol–water partition coefficient (Wildman–Crippen LogP) is 4.38. The molecule has 1 saturated heterocycles. The van der Waals surface area contributed by atoms with Gasteiger partial charge in [-0.2, -0.15) is 25.1 Å². The first-order chi connectivity index (χ1) is 16.7. The largest absolute Gasteiger partial charge is 0.455 e. The van der Waals surface area contributed by atoms with Crippen molar-refractivity contribution in [3.05, 3.63) is 77.5 Å². The van der Waals surface area contributed by atoms with Gasteiger partial charge in [-0.1, -0.05) is 41.9 Å². The molecule has 1 aliphatic heterocycles. The number of morpholine rings is 1. The number of hydrazone groups is 1. The minimum absolute atomic E-state index is 0.115. The molecule has 0 amide bonds. The van der Waals surface area contributed by atoms with Crippen molar-refractivity contribution in [3.63, 3.8) is 0 Å². The van der Waals surface area contributed by atoms with Gasteiger partial charge < -0.3 is 19.8 Å². The standard InChI is InChI=1S/C24H22ClN7O2/c25-18-6-4-5-17(15-18)21-10-9-20(34-21)16-27-32(19-7-2-1-3-8-19)24-29-22(26)28-23(30-24)31-11-13-33-14-12-31/h1-10,15-16H,11-14H2,(H2,26,28,29,30)/b27-16+. The lowest BCUT2D eigenvalue weighted by Gasteiger charge is -2.27. The van der Waals surface area contributed by atoms with Gasteiger partial charge in [0.1, 0.15) is 11.5 Å². The minimum atomic E-state index is 0.115. The zero-order chi connectivity index (χ0) is 23.3. The molecular weight excluding hydrogens is 454 g/mol. The molecule has 10 heteroatoms. The van der Waals surface area contributed by atoms with Crippen LogP contribution < -0.4 is 15.6 Å². The zero-order valence-electron chi connectivity index (χ0n) is 18.2. The molecule has 0 atom stereocenters. The molecular formula is C24H22ClN7O2. The van der Waals surface area contributed by atoms with Crippen molar-refractivity contribution in [2.75, 3.05) is 41.9 Å². The van der Waals surface area contributed by atoms with Gasteiger partial charge in [0.25, 0.3) is 5.95 Å². The van der Waals surface area contributed by atoms with Gasteiger partial charge in [-0.25, -0.2) is 0 Å². The van der Waals surface area contributed by atoms with Crippen molar-refractivity contribution in [1.29, 1.82) is 0 Å². The normalized spacial score (nSPS) is 14.0. The Hall–Kier alpha value is -3.95. The van der Waals surface area contributed by atoms with E-state index in [9.17, 15) is 0 Å². The van der Waals surface area contributed by atoms with E-state index >= 15 is 0 Å². The quantitative estimate of drug-likeness (QED) is 0.323. The highest BCUT2D eigenvalue weighted by molar-refractivity contribution is 6.30.